The molecule has 4 aromatic rings. The predicted octanol–water partition coefficient (Wildman–Crippen LogP) is 5.01. The fourth-order valence-electron chi connectivity index (χ4n) is 3.73. The molecule has 4 rings (SSSR count). The summed E-state index contributed by atoms with van der Waals surface area (Å²) in [6.07, 6.45) is 5.22. The first-order chi connectivity index (χ1) is 12.9. The summed E-state index contributed by atoms with van der Waals surface area (Å²) in [6, 6.07) is 38.6. The van der Waals surface area contributed by atoms with Gasteiger partial charge in [0, 0.05) is 29.7 Å². The van der Waals surface area contributed by atoms with Gasteiger partial charge in [-0.3, -0.25) is 0 Å². The van der Waals surface area contributed by atoms with E-state index in [2.05, 4.69) is 126 Å². The minimum Gasteiger partial charge on any atom is -0.191 e. The third-order valence-corrected chi connectivity index (χ3v) is 4.96. The Labute approximate surface area is 155 Å². The molecule has 0 aliphatic rings. The third kappa shape index (κ3) is 3.04. The lowest BCUT2D eigenvalue weighted by atomic mass is 9.77. The van der Waals surface area contributed by atoms with E-state index in [1.54, 1.807) is 0 Å². The Bertz CT molecular complexity index is 836. The van der Waals surface area contributed by atoms with Crippen LogP contribution in [-0.2, 0) is 12.0 Å². The van der Waals surface area contributed by atoms with Crippen LogP contribution < -0.4 is 4.57 Å². The van der Waals surface area contributed by atoms with Gasteiger partial charge in [-0.05, 0) is 5.56 Å². The fourth-order valence-corrected chi connectivity index (χ4v) is 3.73. The summed E-state index contributed by atoms with van der Waals surface area (Å²) in [7, 11) is 0. The van der Waals surface area contributed by atoms with E-state index < -0.39 is 0 Å². The molecule has 1 heterocycles. The van der Waals surface area contributed by atoms with Crippen LogP contribution in [0.5, 0.6) is 0 Å². The van der Waals surface area contributed by atoms with E-state index in [1.807, 2.05) is 0 Å². The summed E-state index contributed by atoms with van der Waals surface area (Å²) in [5, 5.41) is 0. The zero-order valence-electron chi connectivity index (χ0n) is 14.7. The minimum absolute atomic E-state index is 0.300. The first-order valence-electron chi connectivity index (χ1n) is 9.01. The number of pyridine rings is 1. The zero-order valence-corrected chi connectivity index (χ0v) is 14.7. The van der Waals surface area contributed by atoms with Gasteiger partial charge in [0.25, 0.3) is 0 Å². The molecular formula is C25H22N+. The zero-order chi connectivity index (χ0) is 17.7. The average molecular weight is 336 g/mol. The molecule has 0 unspecified atom stereocenters. The monoisotopic (exact) mass is 336 g/mol. The maximum atomic E-state index is 2.34. The first-order valence-corrected chi connectivity index (χ1v) is 9.01. The summed E-state index contributed by atoms with van der Waals surface area (Å²) >= 11 is 0. The molecule has 26 heavy (non-hydrogen) atoms. The molecule has 0 aliphatic carbocycles. The Morgan fingerprint density at radius 3 is 1.42 bits per heavy atom. The van der Waals surface area contributed by atoms with Crippen molar-refractivity contribution in [2.24, 2.45) is 0 Å². The van der Waals surface area contributed by atoms with Crippen molar-refractivity contribution in [2.75, 3.05) is 0 Å². The Hall–Kier alpha value is -3.19. The van der Waals surface area contributed by atoms with Crippen LogP contribution in [0.3, 0.4) is 0 Å². The van der Waals surface area contributed by atoms with Crippen molar-refractivity contribution in [2.45, 2.75) is 12.0 Å². The molecule has 0 saturated carbocycles. The Morgan fingerprint density at radius 2 is 0.923 bits per heavy atom. The molecule has 126 valence electrons. The van der Waals surface area contributed by atoms with Gasteiger partial charge in [0.05, 0.1) is 0 Å². The van der Waals surface area contributed by atoms with Gasteiger partial charge in [0.2, 0.25) is 5.54 Å². The van der Waals surface area contributed by atoms with Crippen molar-refractivity contribution >= 4 is 0 Å². The van der Waals surface area contributed by atoms with Crippen LogP contribution in [0.25, 0.3) is 0 Å². The molecule has 1 nitrogen and oxygen atoms in total. The van der Waals surface area contributed by atoms with Crippen LogP contribution in [0.4, 0.5) is 0 Å². The van der Waals surface area contributed by atoms with E-state index in [0.29, 0.717) is 0 Å². The van der Waals surface area contributed by atoms with Crippen LogP contribution in [0.1, 0.15) is 16.7 Å². The van der Waals surface area contributed by atoms with Gasteiger partial charge in [-0.25, -0.2) is 0 Å². The van der Waals surface area contributed by atoms with Crippen LogP contribution in [-0.4, -0.2) is 0 Å². The van der Waals surface area contributed by atoms with Crippen molar-refractivity contribution in [3.8, 4) is 0 Å². The maximum Gasteiger partial charge on any atom is 0.222 e. The van der Waals surface area contributed by atoms with E-state index in [0.717, 1.165) is 6.42 Å². The van der Waals surface area contributed by atoms with E-state index in [-0.39, 0.29) is 5.54 Å². The molecule has 0 atom stereocenters. The Morgan fingerprint density at radius 1 is 0.500 bits per heavy atom. The highest BCUT2D eigenvalue weighted by Gasteiger charge is 2.43. The molecule has 0 aliphatic heterocycles. The summed E-state index contributed by atoms with van der Waals surface area (Å²) in [6.45, 7) is 0. The topological polar surface area (TPSA) is 3.88 Å². The number of hydrogen-bond donors (Lipinski definition) is 0. The van der Waals surface area contributed by atoms with Gasteiger partial charge >= 0.3 is 0 Å². The highest BCUT2D eigenvalue weighted by atomic mass is 15.0. The van der Waals surface area contributed by atoms with Crippen molar-refractivity contribution in [3.63, 3.8) is 0 Å². The minimum atomic E-state index is -0.300. The highest BCUT2D eigenvalue weighted by molar-refractivity contribution is 5.38. The second-order valence-corrected chi connectivity index (χ2v) is 6.54. The van der Waals surface area contributed by atoms with Crippen molar-refractivity contribution in [1.29, 1.82) is 0 Å². The summed E-state index contributed by atoms with van der Waals surface area (Å²) in [5.41, 5.74) is 3.58. The Kier molecular flexibility index (Phi) is 4.61. The summed E-state index contributed by atoms with van der Waals surface area (Å²) in [5.74, 6) is 0. The normalized spacial score (nSPS) is 11.2. The van der Waals surface area contributed by atoms with E-state index in [1.165, 1.54) is 16.7 Å². The van der Waals surface area contributed by atoms with Gasteiger partial charge in [-0.15, -0.1) is 0 Å². The first kappa shape index (κ1) is 16.3. The summed E-state index contributed by atoms with van der Waals surface area (Å²) in [4.78, 5) is 0. The van der Waals surface area contributed by atoms with E-state index >= 15 is 0 Å². The average Bonchev–Trinajstić information content (AvgIpc) is 2.75. The SMILES string of the molecule is c1ccc(CC(c2ccccc2)(c2ccccc2)[n+]2ccccc2)cc1. The molecule has 0 radical (unpaired) electrons. The molecule has 0 fully saturated rings. The molecule has 0 N–H and O–H groups in total. The highest BCUT2D eigenvalue weighted by Crippen LogP contribution is 2.33. The number of benzene rings is 3. The number of nitrogens with zero attached hydrogens (tertiary/aromatic N) is 1. The molecular weight excluding hydrogens is 314 g/mol. The van der Waals surface area contributed by atoms with Crippen molar-refractivity contribution < 1.29 is 4.57 Å². The second-order valence-electron chi connectivity index (χ2n) is 6.54. The molecule has 3 aromatic carbocycles. The van der Waals surface area contributed by atoms with Gasteiger partial charge in [0.15, 0.2) is 12.4 Å². The van der Waals surface area contributed by atoms with Gasteiger partial charge in [-0.1, -0.05) is 97.1 Å². The van der Waals surface area contributed by atoms with E-state index in [4.69, 9.17) is 0 Å². The van der Waals surface area contributed by atoms with Gasteiger partial charge in [-0.2, -0.15) is 4.57 Å². The fraction of sp³-hybridized carbons (Fsp3) is 0.0800. The molecule has 0 saturated heterocycles. The maximum absolute atomic E-state index is 2.34. The van der Waals surface area contributed by atoms with Crippen LogP contribution in [0, 0.1) is 0 Å². The van der Waals surface area contributed by atoms with Crippen LogP contribution >= 0.6 is 0 Å². The smallest absolute Gasteiger partial charge is 0.191 e. The summed E-state index contributed by atoms with van der Waals surface area (Å²) < 4.78 is 2.34. The van der Waals surface area contributed by atoms with Crippen LogP contribution in [0.15, 0.2) is 122 Å². The standard InChI is InChI=1S/C25H22N/c1-5-13-22(14-6-1)21-25(23-15-7-2-8-16-23,24-17-9-3-10-18-24)26-19-11-4-12-20-26/h1-20H,21H2/q+1. The van der Waals surface area contributed by atoms with E-state index in [9.17, 15) is 0 Å². The number of hydrogen-bond acceptors (Lipinski definition) is 0. The number of rotatable bonds is 5. The van der Waals surface area contributed by atoms with Gasteiger partial charge < -0.3 is 0 Å². The third-order valence-electron chi connectivity index (χ3n) is 4.96. The molecule has 0 bridgehead atoms. The second kappa shape index (κ2) is 7.37. The van der Waals surface area contributed by atoms with Crippen LogP contribution in [0.2, 0.25) is 0 Å². The predicted molar refractivity (Wildman–Crippen MR) is 106 cm³/mol. The Balaban J connectivity index is 2.00. The molecule has 1 aromatic heterocycles. The van der Waals surface area contributed by atoms with Crippen molar-refractivity contribution in [1.82, 2.24) is 0 Å². The van der Waals surface area contributed by atoms with Gasteiger partial charge in [0.1, 0.15) is 0 Å². The molecule has 0 amide bonds. The van der Waals surface area contributed by atoms with Crippen molar-refractivity contribution in [3.05, 3.63) is 138 Å². The number of aromatic nitrogens is 1. The lowest BCUT2D eigenvalue weighted by Crippen LogP contribution is -2.58. The largest absolute Gasteiger partial charge is 0.222 e. The quantitative estimate of drug-likeness (QED) is 0.451. The molecule has 0 spiro atoms. The molecule has 1 heteroatoms. The lowest BCUT2D eigenvalue weighted by Gasteiger charge is -2.30. The lowest BCUT2D eigenvalue weighted by molar-refractivity contribution is -0.744.